The smallest absolute Gasteiger partial charge is 0.261 e. The Kier molecular flexibility index (Phi) is 4.66. The van der Waals surface area contributed by atoms with Gasteiger partial charge in [-0.05, 0) is 41.8 Å². The summed E-state index contributed by atoms with van der Waals surface area (Å²) in [4.78, 5) is 11.9. The van der Waals surface area contributed by atoms with Gasteiger partial charge in [0.05, 0.1) is 0 Å². The number of carbonyl (C=O) groups excluding carboxylic acids is 1. The van der Waals surface area contributed by atoms with Crippen LogP contribution in [0.4, 0.5) is 8.78 Å². The summed E-state index contributed by atoms with van der Waals surface area (Å²) < 4.78 is 34.6. The van der Waals surface area contributed by atoms with Gasteiger partial charge in [0.15, 0.2) is 11.6 Å². The number of halogens is 2. The first kappa shape index (κ1) is 16.3. The number of hydrogen-bond donors (Lipinski definition) is 1. The molecule has 0 spiro atoms. The van der Waals surface area contributed by atoms with Crippen LogP contribution in [0.3, 0.4) is 0 Å². The summed E-state index contributed by atoms with van der Waals surface area (Å²) in [5.74, 6) is -1.38. The van der Waals surface area contributed by atoms with Crippen LogP contribution < -0.4 is 9.46 Å². The Morgan fingerprint density at radius 2 is 1.88 bits per heavy atom. The molecular weight excluding hydrogens is 332 g/mol. The molecule has 0 unspecified atom stereocenters. The molecular formula is C18H13F2NO2S. The minimum Gasteiger partial charge on any atom is -0.457 e. The van der Waals surface area contributed by atoms with Crippen molar-refractivity contribution in [3.8, 4) is 11.5 Å². The molecule has 0 fully saturated rings. The normalized spacial score (nSPS) is 10.6. The van der Waals surface area contributed by atoms with E-state index >= 15 is 0 Å². The van der Waals surface area contributed by atoms with Gasteiger partial charge in [0, 0.05) is 23.3 Å². The van der Waals surface area contributed by atoms with Gasteiger partial charge in [0.2, 0.25) is 0 Å². The van der Waals surface area contributed by atoms with Crippen molar-refractivity contribution < 1.29 is 18.3 Å². The van der Waals surface area contributed by atoms with Crippen molar-refractivity contribution in [3.05, 3.63) is 71.8 Å². The van der Waals surface area contributed by atoms with Gasteiger partial charge in [-0.1, -0.05) is 24.1 Å². The average Bonchev–Trinajstić information content (AvgIpc) is 2.58. The lowest BCUT2D eigenvalue weighted by atomic mass is 10.1. The number of carbonyl (C=O) groups is 1. The molecule has 1 amide bonds. The van der Waals surface area contributed by atoms with Gasteiger partial charge in [-0.3, -0.25) is 9.52 Å². The molecule has 6 heteroatoms. The van der Waals surface area contributed by atoms with Gasteiger partial charge in [-0.2, -0.15) is 0 Å². The third kappa shape index (κ3) is 3.33. The van der Waals surface area contributed by atoms with Gasteiger partial charge >= 0.3 is 0 Å². The Hall–Kier alpha value is -2.60. The fraction of sp³-hybridized carbons (Fsp3) is 0.0556. The Labute approximate surface area is 141 Å². The average molecular weight is 345 g/mol. The second-order valence-corrected chi connectivity index (χ2v) is 5.62. The second-order valence-electron chi connectivity index (χ2n) is 5.01. The number of amides is 1. The second kappa shape index (κ2) is 6.88. The Morgan fingerprint density at radius 1 is 1.04 bits per heavy atom. The van der Waals surface area contributed by atoms with Crippen LogP contribution >= 0.6 is 11.9 Å². The van der Waals surface area contributed by atoms with Gasteiger partial charge < -0.3 is 4.74 Å². The summed E-state index contributed by atoms with van der Waals surface area (Å²) in [5, 5.41) is 1.58. The number of nitrogens with one attached hydrogen (secondary N) is 1. The molecule has 24 heavy (non-hydrogen) atoms. The molecule has 0 bridgehead atoms. The standard InChI is InChI=1S/C18H13F2NO2S/c1-24-21-18(22)12-5-7-14-11(9-12)3-2-4-17(14)23-13-6-8-15(19)16(20)10-13/h2-10H,1H3,(H,21,22). The van der Waals surface area contributed by atoms with Crippen molar-refractivity contribution in [1.29, 1.82) is 0 Å². The largest absolute Gasteiger partial charge is 0.457 e. The zero-order valence-corrected chi connectivity index (χ0v) is 13.5. The van der Waals surface area contributed by atoms with Crippen LogP contribution in [-0.4, -0.2) is 12.2 Å². The molecule has 3 aromatic rings. The van der Waals surface area contributed by atoms with Crippen molar-refractivity contribution in [2.24, 2.45) is 0 Å². The minimum atomic E-state index is -0.969. The van der Waals surface area contributed by atoms with E-state index in [1.165, 1.54) is 18.0 Å². The van der Waals surface area contributed by atoms with Crippen LogP contribution in [-0.2, 0) is 0 Å². The fourth-order valence-electron chi connectivity index (χ4n) is 2.30. The maximum atomic E-state index is 13.3. The predicted octanol–water partition coefficient (Wildman–Crippen LogP) is 4.92. The van der Waals surface area contributed by atoms with Crippen molar-refractivity contribution in [1.82, 2.24) is 4.72 Å². The highest BCUT2D eigenvalue weighted by Gasteiger charge is 2.10. The molecule has 0 aliphatic rings. The molecule has 3 nitrogen and oxygen atoms in total. The van der Waals surface area contributed by atoms with Crippen LogP contribution in [0, 0.1) is 11.6 Å². The van der Waals surface area contributed by atoms with E-state index in [1.807, 2.05) is 6.07 Å². The lowest BCUT2D eigenvalue weighted by Crippen LogP contribution is -2.14. The first-order chi connectivity index (χ1) is 11.6. The van der Waals surface area contributed by atoms with Crippen molar-refractivity contribution in [2.75, 3.05) is 6.26 Å². The van der Waals surface area contributed by atoms with Gasteiger partial charge in [-0.25, -0.2) is 8.78 Å². The molecule has 0 saturated carbocycles. The van der Waals surface area contributed by atoms with E-state index in [4.69, 9.17) is 4.74 Å². The fourth-order valence-corrected chi connectivity index (χ4v) is 2.61. The topological polar surface area (TPSA) is 38.3 Å². The molecule has 3 aromatic carbocycles. The first-order valence-corrected chi connectivity index (χ1v) is 8.30. The molecule has 1 N–H and O–H groups in total. The lowest BCUT2D eigenvalue weighted by molar-refractivity contribution is 0.0984. The highest BCUT2D eigenvalue weighted by atomic mass is 32.2. The van der Waals surface area contributed by atoms with E-state index in [1.54, 1.807) is 36.6 Å². The van der Waals surface area contributed by atoms with Crippen LogP contribution in [0.2, 0.25) is 0 Å². The number of ether oxygens (including phenoxy) is 1. The molecule has 0 radical (unpaired) electrons. The zero-order valence-electron chi connectivity index (χ0n) is 12.7. The van der Waals surface area contributed by atoms with E-state index < -0.39 is 11.6 Å². The van der Waals surface area contributed by atoms with Crippen molar-refractivity contribution >= 4 is 28.6 Å². The molecule has 122 valence electrons. The monoisotopic (exact) mass is 345 g/mol. The highest BCUT2D eigenvalue weighted by molar-refractivity contribution is 7.97. The molecule has 0 aromatic heterocycles. The summed E-state index contributed by atoms with van der Waals surface area (Å²) in [6, 6.07) is 13.9. The molecule has 3 rings (SSSR count). The summed E-state index contributed by atoms with van der Waals surface area (Å²) in [7, 11) is 0. The van der Waals surface area contributed by atoms with Crippen LogP contribution in [0.1, 0.15) is 10.4 Å². The van der Waals surface area contributed by atoms with Crippen LogP contribution in [0.25, 0.3) is 10.8 Å². The molecule has 0 atom stereocenters. The SMILES string of the molecule is CSNC(=O)c1ccc2c(Oc3ccc(F)c(F)c3)cccc2c1. The van der Waals surface area contributed by atoms with E-state index in [0.717, 1.165) is 22.9 Å². The van der Waals surface area contributed by atoms with E-state index in [-0.39, 0.29) is 11.7 Å². The van der Waals surface area contributed by atoms with Crippen LogP contribution in [0.15, 0.2) is 54.6 Å². The zero-order chi connectivity index (χ0) is 17.1. The van der Waals surface area contributed by atoms with E-state index in [2.05, 4.69) is 4.72 Å². The van der Waals surface area contributed by atoms with Gasteiger partial charge in [0.25, 0.3) is 5.91 Å². The molecule has 0 heterocycles. The van der Waals surface area contributed by atoms with Gasteiger partial charge in [-0.15, -0.1) is 0 Å². The quantitative estimate of drug-likeness (QED) is 0.682. The molecule has 0 aliphatic heterocycles. The molecule has 0 aliphatic carbocycles. The minimum absolute atomic E-state index is 0.184. The Balaban J connectivity index is 1.96. The lowest BCUT2D eigenvalue weighted by Gasteiger charge is -2.10. The number of rotatable bonds is 4. The van der Waals surface area contributed by atoms with E-state index in [9.17, 15) is 13.6 Å². The van der Waals surface area contributed by atoms with E-state index in [0.29, 0.717) is 11.3 Å². The van der Waals surface area contributed by atoms with Crippen molar-refractivity contribution in [2.45, 2.75) is 0 Å². The maximum absolute atomic E-state index is 13.3. The number of fused-ring (bicyclic) bond motifs is 1. The number of hydrogen-bond acceptors (Lipinski definition) is 3. The number of benzene rings is 3. The summed E-state index contributed by atoms with van der Waals surface area (Å²) >= 11 is 1.23. The third-order valence-electron chi connectivity index (χ3n) is 3.42. The Bertz CT molecular complexity index is 915. The predicted molar refractivity (Wildman–Crippen MR) is 91.4 cm³/mol. The molecule has 0 saturated heterocycles. The first-order valence-electron chi connectivity index (χ1n) is 7.07. The maximum Gasteiger partial charge on any atom is 0.261 e. The van der Waals surface area contributed by atoms with Crippen LogP contribution in [0.5, 0.6) is 11.5 Å². The van der Waals surface area contributed by atoms with Gasteiger partial charge in [0.1, 0.15) is 11.5 Å². The van der Waals surface area contributed by atoms with Crippen molar-refractivity contribution in [3.63, 3.8) is 0 Å². The highest BCUT2D eigenvalue weighted by Crippen LogP contribution is 2.31. The summed E-state index contributed by atoms with van der Waals surface area (Å²) in [5.41, 5.74) is 0.529. The third-order valence-corrected chi connectivity index (χ3v) is 3.81. The Morgan fingerprint density at radius 3 is 2.62 bits per heavy atom. The summed E-state index contributed by atoms with van der Waals surface area (Å²) in [6.07, 6.45) is 1.77. The summed E-state index contributed by atoms with van der Waals surface area (Å²) in [6.45, 7) is 0.